The van der Waals surface area contributed by atoms with E-state index >= 15 is 0 Å². The van der Waals surface area contributed by atoms with Gasteiger partial charge in [-0.3, -0.25) is 9.78 Å². The molecule has 6 heteroatoms. The van der Waals surface area contributed by atoms with Crippen molar-refractivity contribution in [2.45, 2.75) is 45.1 Å². The molecule has 0 saturated heterocycles. The average molecular weight is 290 g/mol. The Hall–Kier alpha value is -2.11. The highest BCUT2D eigenvalue weighted by atomic mass is 16.4. The maximum atomic E-state index is 12.6. The summed E-state index contributed by atoms with van der Waals surface area (Å²) in [6.45, 7) is 0.347. The van der Waals surface area contributed by atoms with Gasteiger partial charge in [-0.05, 0) is 25.0 Å². The highest BCUT2D eigenvalue weighted by Crippen LogP contribution is 2.35. The smallest absolute Gasteiger partial charge is 0.234 e. The minimum absolute atomic E-state index is 0.0166. The Morgan fingerprint density at radius 3 is 2.62 bits per heavy atom. The van der Waals surface area contributed by atoms with Crippen molar-refractivity contribution in [1.82, 2.24) is 10.3 Å². The van der Waals surface area contributed by atoms with Crippen LogP contribution < -0.4 is 11.1 Å². The van der Waals surface area contributed by atoms with Crippen LogP contribution in [0.15, 0.2) is 29.6 Å². The summed E-state index contributed by atoms with van der Waals surface area (Å²) in [6, 6.07) is 5.55. The van der Waals surface area contributed by atoms with Crippen LogP contribution in [0, 0.1) is 5.41 Å². The lowest BCUT2D eigenvalue weighted by Gasteiger charge is -2.29. The van der Waals surface area contributed by atoms with E-state index in [0.29, 0.717) is 19.4 Å². The van der Waals surface area contributed by atoms with Crippen LogP contribution in [-0.4, -0.2) is 21.9 Å². The fraction of sp³-hybridized carbons (Fsp3) is 0.533. The number of nitrogens with two attached hydrogens (primary N) is 1. The van der Waals surface area contributed by atoms with Gasteiger partial charge in [0.05, 0.1) is 12.2 Å². The van der Waals surface area contributed by atoms with E-state index in [4.69, 9.17) is 10.9 Å². The van der Waals surface area contributed by atoms with Crippen LogP contribution in [-0.2, 0) is 11.3 Å². The molecule has 1 saturated carbocycles. The summed E-state index contributed by atoms with van der Waals surface area (Å²) >= 11 is 0. The van der Waals surface area contributed by atoms with Gasteiger partial charge in [0.25, 0.3) is 0 Å². The minimum atomic E-state index is -0.889. The number of oxime groups is 1. The average Bonchev–Trinajstić information content (AvgIpc) is 2.79. The zero-order valence-corrected chi connectivity index (χ0v) is 12.1. The Balaban J connectivity index is 2.11. The molecule has 21 heavy (non-hydrogen) atoms. The summed E-state index contributed by atoms with van der Waals surface area (Å²) in [7, 11) is 0. The lowest BCUT2D eigenvalue weighted by atomic mass is 9.78. The van der Waals surface area contributed by atoms with Crippen LogP contribution in [0.4, 0.5) is 0 Å². The highest BCUT2D eigenvalue weighted by Gasteiger charge is 2.42. The van der Waals surface area contributed by atoms with E-state index in [1.807, 2.05) is 18.2 Å². The number of hydrogen-bond acceptors (Lipinski definition) is 4. The van der Waals surface area contributed by atoms with Gasteiger partial charge in [-0.25, -0.2) is 0 Å². The lowest BCUT2D eigenvalue weighted by molar-refractivity contribution is -0.128. The summed E-state index contributed by atoms with van der Waals surface area (Å²) < 4.78 is 0. The lowest BCUT2D eigenvalue weighted by Crippen LogP contribution is -2.49. The van der Waals surface area contributed by atoms with E-state index in [1.54, 1.807) is 6.20 Å². The number of amides is 1. The number of rotatable bonds is 4. The van der Waals surface area contributed by atoms with Crippen molar-refractivity contribution < 1.29 is 10.0 Å². The topological polar surface area (TPSA) is 101 Å². The number of aromatic nitrogens is 1. The molecule has 0 bridgehead atoms. The van der Waals surface area contributed by atoms with Gasteiger partial charge >= 0.3 is 0 Å². The van der Waals surface area contributed by atoms with Gasteiger partial charge in [-0.15, -0.1) is 0 Å². The van der Waals surface area contributed by atoms with Gasteiger partial charge in [0.1, 0.15) is 5.41 Å². The standard InChI is InChI=1S/C15H22N4O2/c16-13(19-21)15(8-4-1-2-5-9-15)14(20)18-11-12-7-3-6-10-17-12/h3,6-7,10,21H,1-2,4-5,8-9,11H2,(H2,16,19)(H,18,20). The third kappa shape index (κ3) is 3.51. The number of pyridine rings is 1. The number of hydrogen-bond donors (Lipinski definition) is 3. The van der Waals surface area contributed by atoms with Crippen molar-refractivity contribution in [1.29, 1.82) is 0 Å². The van der Waals surface area contributed by atoms with Crippen LogP contribution >= 0.6 is 0 Å². The number of nitrogens with one attached hydrogen (secondary N) is 1. The van der Waals surface area contributed by atoms with Crippen LogP contribution in [0.2, 0.25) is 0 Å². The predicted molar refractivity (Wildman–Crippen MR) is 79.6 cm³/mol. The van der Waals surface area contributed by atoms with E-state index < -0.39 is 5.41 Å². The first-order chi connectivity index (χ1) is 10.2. The number of amidine groups is 1. The first-order valence-electron chi connectivity index (χ1n) is 7.35. The first-order valence-corrected chi connectivity index (χ1v) is 7.35. The quantitative estimate of drug-likeness (QED) is 0.259. The van der Waals surface area contributed by atoms with Gasteiger partial charge in [0.15, 0.2) is 5.84 Å². The molecule has 0 unspecified atom stereocenters. The van der Waals surface area contributed by atoms with Crippen LogP contribution in [0.3, 0.4) is 0 Å². The summed E-state index contributed by atoms with van der Waals surface area (Å²) in [4.78, 5) is 16.8. The second-order valence-electron chi connectivity index (χ2n) is 5.49. The number of carbonyl (C=O) groups excluding carboxylic acids is 1. The van der Waals surface area contributed by atoms with E-state index in [9.17, 15) is 4.79 Å². The first kappa shape index (κ1) is 15.3. The summed E-state index contributed by atoms with van der Waals surface area (Å²) in [5.74, 6) is -0.159. The molecule has 2 rings (SSSR count). The molecule has 1 heterocycles. The molecule has 0 atom stereocenters. The molecule has 1 aliphatic rings. The molecular weight excluding hydrogens is 268 g/mol. The maximum absolute atomic E-state index is 12.6. The van der Waals surface area contributed by atoms with Crippen molar-refractivity contribution in [3.63, 3.8) is 0 Å². The van der Waals surface area contributed by atoms with Gasteiger partial charge in [0, 0.05) is 6.20 Å². The van der Waals surface area contributed by atoms with Gasteiger partial charge < -0.3 is 16.3 Å². The molecule has 0 radical (unpaired) electrons. The fourth-order valence-corrected chi connectivity index (χ4v) is 2.87. The molecule has 4 N–H and O–H groups in total. The van der Waals surface area contributed by atoms with E-state index in [0.717, 1.165) is 31.4 Å². The zero-order chi connectivity index (χ0) is 15.1. The van der Waals surface area contributed by atoms with E-state index in [2.05, 4.69) is 15.5 Å². The fourth-order valence-electron chi connectivity index (χ4n) is 2.87. The molecular formula is C15H22N4O2. The van der Waals surface area contributed by atoms with Gasteiger partial charge in [0.2, 0.25) is 5.91 Å². The summed E-state index contributed by atoms with van der Waals surface area (Å²) in [6.07, 6.45) is 6.91. The van der Waals surface area contributed by atoms with Crippen molar-refractivity contribution in [2.24, 2.45) is 16.3 Å². The molecule has 6 nitrogen and oxygen atoms in total. The molecule has 0 aromatic carbocycles. The predicted octanol–water partition coefficient (Wildman–Crippen LogP) is 1.78. The second-order valence-corrected chi connectivity index (χ2v) is 5.49. The molecule has 1 aromatic heterocycles. The monoisotopic (exact) mass is 290 g/mol. The SMILES string of the molecule is NC(=NO)C1(C(=O)NCc2ccccn2)CCCCCC1. The highest BCUT2D eigenvalue weighted by molar-refractivity contribution is 6.06. The van der Waals surface area contributed by atoms with Gasteiger partial charge in [-0.2, -0.15) is 0 Å². The third-order valence-corrected chi connectivity index (χ3v) is 4.15. The molecule has 114 valence electrons. The van der Waals surface area contributed by atoms with E-state index in [-0.39, 0.29) is 11.7 Å². The van der Waals surface area contributed by atoms with Gasteiger partial charge in [-0.1, -0.05) is 36.9 Å². The maximum Gasteiger partial charge on any atom is 0.234 e. The summed E-state index contributed by atoms with van der Waals surface area (Å²) in [5.41, 5.74) is 5.74. The third-order valence-electron chi connectivity index (χ3n) is 4.15. The summed E-state index contributed by atoms with van der Waals surface area (Å²) in [5, 5.41) is 15.0. The van der Waals surface area contributed by atoms with Crippen LogP contribution in [0.5, 0.6) is 0 Å². The minimum Gasteiger partial charge on any atom is -0.409 e. The van der Waals surface area contributed by atoms with Crippen LogP contribution in [0.1, 0.15) is 44.2 Å². The molecule has 0 aliphatic heterocycles. The zero-order valence-electron chi connectivity index (χ0n) is 12.1. The van der Waals surface area contributed by atoms with Crippen molar-refractivity contribution in [3.05, 3.63) is 30.1 Å². The van der Waals surface area contributed by atoms with E-state index in [1.165, 1.54) is 0 Å². The normalized spacial score (nSPS) is 18.8. The Morgan fingerprint density at radius 2 is 2.05 bits per heavy atom. The molecule has 1 aliphatic carbocycles. The second kappa shape index (κ2) is 7.06. The molecule has 0 spiro atoms. The Bertz CT molecular complexity index is 494. The number of nitrogens with zero attached hydrogens (tertiary/aromatic N) is 2. The Morgan fingerprint density at radius 1 is 1.33 bits per heavy atom. The Labute approximate surface area is 124 Å². The number of carbonyl (C=O) groups is 1. The molecule has 1 aromatic rings. The van der Waals surface area contributed by atoms with Crippen molar-refractivity contribution in [2.75, 3.05) is 0 Å². The van der Waals surface area contributed by atoms with Crippen molar-refractivity contribution >= 4 is 11.7 Å². The largest absolute Gasteiger partial charge is 0.409 e. The Kier molecular flexibility index (Phi) is 5.14. The molecule has 1 amide bonds. The van der Waals surface area contributed by atoms with Crippen LogP contribution in [0.25, 0.3) is 0 Å². The molecule has 1 fully saturated rings. The van der Waals surface area contributed by atoms with Crippen molar-refractivity contribution in [3.8, 4) is 0 Å².